The Morgan fingerprint density at radius 1 is 0.500 bits per heavy atom. The molecule has 1 aromatic carbocycles. The quantitative estimate of drug-likeness (QED) is 0.156. The first-order chi connectivity index (χ1) is 16.8. The summed E-state index contributed by atoms with van der Waals surface area (Å²) in [5, 5.41) is 0. The molecule has 0 bridgehead atoms. The highest BCUT2D eigenvalue weighted by Crippen LogP contribution is 2.22. The number of unbranched alkanes of at least 4 members (excludes halogenated alkanes) is 16. The third kappa shape index (κ3) is 12.9. The Kier molecular flexibility index (Phi) is 16.8. The van der Waals surface area contributed by atoms with Crippen LogP contribution in [0.4, 0.5) is 0 Å². The molecule has 0 aromatic heterocycles. The molecule has 2 nitrogen and oxygen atoms in total. The van der Waals surface area contributed by atoms with E-state index >= 15 is 0 Å². The van der Waals surface area contributed by atoms with Crippen LogP contribution in [0, 0.1) is 0 Å². The van der Waals surface area contributed by atoms with Crippen molar-refractivity contribution in [3.05, 3.63) is 48.3 Å². The first-order valence-corrected chi connectivity index (χ1v) is 15.1. The zero-order valence-electron chi connectivity index (χ0n) is 22.9. The van der Waals surface area contributed by atoms with Gasteiger partial charge in [-0.15, -0.1) is 0 Å². The van der Waals surface area contributed by atoms with Crippen LogP contribution in [-0.4, -0.2) is 29.1 Å². The zero-order valence-corrected chi connectivity index (χ0v) is 22.9. The molecule has 0 radical (unpaired) electrons. The van der Waals surface area contributed by atoms with Crippen LogP contribution in [0.5, 0.6) is 0 Å². The Morgan fingerprint density at radius 2 is 0.882 bits per heavy atom. The molecule has 0 amide bonds. The summed E-state index contributed by atoms with van der Waals surface area (Å²) in [7, 11) is 0. The van der Waals surface area contributed by atoms with Crippen LogP contribution in [0.15, 0.2) is 42.7 Å². The Morgan fingerprint density at radius 3 is 1.29 bits per heavy atom. The second-order valence-electron chi connectivity index (χ2n) is 10.6. The van der Waals surface area contributed by atoms with Crippen LogP contribution in [-0.2, 0) is 6.42 Å². The SMILES string of the molecule is CCCCCCCCCCCCCN1C=CN(CCCCCCCCC)C1Cc1ccccc1. The molecule has 1 aliphatic rings. The first-order valence-electron chi connectivity index (χ1n) is 15.1. The van der Waals surface area contributed by atoms with Crippen molar-refractivity contribution in [3.63, 3.8) is 0 Å². The van der Waals surface area contributed by atoms with E-state index in [1.54, 1.807) is 0 Å². The fourth-order valence-corrected chi connectivity index (χ4v) is 5.28. The molecule has 1 unspecified atom stereocenters. The van der Waals surface area contributed by atoms with Crippen LogP contribution in [0.3, 0.4) is 0 Å². The van der Waals surface area contributed by atoms with Gasteiger partial charge in [-0.05, 0) is 18.4 Å². The number of rotatable bonds is 22. The summed E-state index contributed by atoms with van der Waals surface area (Å²) < 4.78 is 0. The maximum absolute atomic E-state index is 2.63. The molecule has 0 fully saturated rings. The van der Waals surface area contributed by atoms with Gasteiger partial charge < -0.3 is 9.80 Å². The fraction of sp³-hybridized carbons (Fsp3) is 0.750. The highest BCUT2D eigenvalue weighted by atomic mass is 15.4. The molecule has 1 heterocycles. The van der Waals surface area contributed by atoms with Gasteiger partial charge in [0.25, 0.3) is 0 Å². The smallest absolute Gasteiger partial charge is 0.105 e. The van der Waals surface area contributed by atoms with Crippen molar-refractivity contribution in [2.45, 2.75) is 142 Å². The lowest BCUT2D eigenvalue weighted by molar-refractivity contribution is 0.148. The normalized spacial score (nSPS) is 15.5. The van der Waals surface area contributed by atoms with Crippen LogP contribution >= 0.6 is 0 Å². The van der Waals surface area contributed by atoms with Crippen LogP contribution in [0.1, 0.15) is 135 Å². The molecule has 1 atom stereocenters. The van der Waals surface area contributed by atoms with Crippen molar-refractivity contribution < 1.29 is 0 Å². The van der Waals surface area contributed by atoms with Gasteiger partial charge in [0.1, 0.15) is 6.17 Å². The molecule has 0 saturated carbocycles. The van der Waals surface area contributed by atoms with Crippen LogP contribution in [0.25, 0.3) is 0 Å². The average molecular weight is 469 g/mol. The molecular weight excluding hydrogens is 412 g/mol. The Bertz CT molecular complexity index is 596. The van der Waals surface area contributed by atoms with Gasteiger partial charge in [0.2, 0.25) is 0 Å². The predicted octanol–water partition coefficient (Wildman–Crippen LogP) is 9.71. The summed E-state index contributed by atoms with van der Waals surface area (Å²) in [6, 6.07) is 11.1. The molecule has 0 spiro atoms. The summed E-state index contributed by atoms with van der Waals surface area (Å²) in [4.78, 5) is 5.25. The topological polar surface area (TPSA) is 6.48 Å². The van der Waals surface area contributed by atoms with Crippen LogP contribution < -0.4 is 0 Å². The monoisotopic (exact) mass is 468 g/mol. The van der Waals surface area contributed by atoms with E-state index in [-0.39, 0.29) is 0 Å². The van der Waals surface area contributed by atoms with Gasteiger partial charge in [0.05, 0.1) is 0 Å². The molecule has 34 heavy (non-hydrogen) atoms. The van der Waals surface area contributed by atoms with Gasteiger partial charge >= 0.3 is 0 Å². The molecule has 0 aliphatic carbocycles. The molecule has 0 saturated heterocycles. The van der Waals surface area contributed by atoms with E-state index in [4.69, 9.17) is 0 Å². The van der Waals surface area contributed by atoms with Crippen molar-refractivity contribution in [1.82, 2.24) is 9.80 Å². The summed E-state index contributed by atoms with van der Waals surface area (Å²) in [5.74, 6) is 0. The summed E-state index contributed by atoms with van der Waals surface area (Å²) >= 11 is 0. The molecular formula is C32H56N2. The minimum absolute atomic E-state index is 0.505. The lowest BCUT2D eigenvalue weighted by Crippen LogP contribution is -2.41. The maximum atomic E-state index is 2.63. The summed E-state index contributed by atoms with van der Waals surface area (Å²) in [5.41, 5.74) is 1.46. The lowest BCUT2D eigenvalue weighted by Gasteiger charge is -2.33. The predicted molar refractivity (Wildman–Crippen MR) is 151 cm³/mol. The van der Waals surface area contributed by atoms with Crippen LogP contribution in [0.2, 0.25) is 0 Å². The van der Waals surface area contributed by atoms with Gasteiger partial charge in [-0.2, -0.15) is 0 Å². The van der Waals surface area contributed by atoms with E-state index in [0.29, 0.717) is 6.17 Å². The largest absolute Gasteiger partial charge is 0.356 e. The third-order valence-corrected chi connectivity index (χ3v) is 7.52. The zero-order chi connectivity index (χ0) is 24.1. The highest BCUT2D eigenvalue weighted by Gasteiger charge is 2.25. The lowest BCUT2D eigenvalue weighted by atomic mass is 10.1. The molecule has 2 rings (SSSR count). The van der Waals surface area contributed by atoms with E-state index in [2.05, 4.69) is 66.4 Å². The average Bonchev–Trinajstić information content (AvgIpc) is 3.23. The fourth-order valence-electron chi connectivity index (χ4n) is 5.28. The van der Waals surface area contributed by atoms with E-state index in [0.717, 1.165) is 6.42 Å². The summed E-state index contributed by atoms with van der Waals surface area (Å²) in [6.07, 6.45) is 31.7. The van der Waals surface area contributed by atoms with Crippen molar-refractivity contribution in [2.75, 3.05) is 13.1 Å². The minimum atomic E-state index is 0.505. The van der Waals surface area contributed by atoms with Gasteiger partial charge in [-0.25, -0.2) is 0 Å². The Hall–Kier alpha value is -1.44. The van der Waals surface area contributed by atoms with E-state index in [9.17, 15) is 0 Å². The molecule has 1 aliphatic heterocycles. The van der Waals surface area contributed by atoms with Gasteiger partial charge in [0, 0.05) is 31.9 Å². The van der Waals surface area contributed by atoms with Crippen molar-refractivity contribution in [1.29, 1.82) is 0 Å². The van der Waals surface area contributed by atoms with Crippen molar-refractivity contribution >= 4 is 0 Å². The van der Waals surface area contributed by atoms with Crippen molar-refractivity contribution in [2.24, 2.45) is 0 Å². The number of nitrogens with zero attached hydrogens (tertiary/aromatic N) is 2. The second-order valence-corrected chi connectivity index (χ2v) is 10.6. The molecule has 1 aromatic rings. The van der Waals surface area contributed by atoms with Gasteiger partial charge in [-0.1, -0.05) is 147 Å². The number of hydrogen-bond donors (Lipinski definition) is 0. The standard InChI is InChI=1S/C32H56N2/c1-3-5-7-9-11-12-13-14-16-18-23-27-34-29-28-33(26-22-17-15-10-8-6-4-2)32(34)30-31-24-20-19-21-25-31/h19-21,24-25,28-29,32H,3-18,22-23,26-27,30H2,1-2H3. The third-order valence-electron chi connectivity index (χ3n) is 7.52. The second kappa shape index (κ2) is 19.8. The van der Waals surface area contributed by atoms with E-state index in [1.165, 1.54) is 134 Å². The van der Waals surface area contributed by atoms with Crippen molar-refractivity contribution in [3.8, 4) is 0 Å². The molecule has 0 N–H and O–H groups in total. The molecule has 194 valence electrons. The highest BCUT2D eigenvalue weighted by molar-refractivity contribution is 5.17. The van der Waals surface area contributed by atoms with Gasteiger partial charge in [0.15, 0.2) is 0 Å². The first kappa shape index (κ1) is 28.8. The van der Waals surface area contributed by atoms with E-state index < -0.39 is 0 Å². The van der Waals surface area contributed by atoms with Gasteiger partial charge in [-0.3, -0.25) is 0 Å². The van der Waals surface area contributed by atoms with E-state index in [1.807, 2.05) is 0 Å². The molecule has 2 heteroatoms. The Labute approximate surface area is 213 Å². The Balaban J connectivity index is 1.64. The number of benzene rings is 1. The number of hydrogen-bond acceptors (Lipinski definition) is 2. The summed E-state index contributed by atoms with van der Waals surface area (Å²) in [6.45, 7) is 7.01. The minimum Gasteiger partial charge on any atom is -0.356 e. The maximum Gasteiger partial charge on any atom is 0.105 e.